The number of aromatic nitrogens is 2. The highest BCUT2D eigenvalue weighted by Gasteiger charge is 2.15. The number of para-hydroxylation sites is 1. The van der Waals surface area contributed by atoms with Crippen molar-refractivity contribution in [3.63, 3.8) is 0 Å². The minimum absolute atomic E-state index is 0.238. The molecule has 1 aromatic carbocycles. The van der Waals surface area contributed by atoms with Crippen molar-refractivity contribution in [2.24, 2.45) is 0 Å². The first kappa shape index (κ1) is 14.3. The molecule has 0 radical (unpaired) electrons. The lowest BCUT2D eigenvalue weighted by atomic mass is 10.2. The Balaban J connectivity index is 1.58. The molecule has 21 heavy (non-hydrogen) atoms. The number of nitrogens with one attached hydrogen (secondary N) is 1. The van der Waals surface area contributed by atoms with E-state index in [1.165, 1.54) is 0 Å². The number of fused-ring (bicyclic) bond motifs is 1. The van der Waals surface area contributed by atoms with Gasteiger partial charge in [0.25, 0.3) is 0 Å². The molecule has 1 amide bonds. The third-order valence-electron chi connectivity index (χ3n) is 3.53. The first-order valence-electron chi connectivity index (χ1n) is 7.15. The van der Waals surface area contributed by atoms with Gasteiger partial charge < -0.3 is 10.2 Å². The van der Waals surface area contributed by atoms with Crippen molar-refractivity contribution < 1.29 is 4.79 Å². The summed E-state index contributed by atoms with van der Waals surface area (Å²) in [5, 5.41) is 5.26. The largest absolute Gasteiger partial charge is 0.340 e. The van der Waals surface area contributed by atoms with E-state index in [1.54, 1.807) is 18.1 Å². The topological polar surface area (TPSA) is 58.1 Å². The average molecular weight is 302 g/mol. The summed E-state index contributed by atoms with van der Waals surface area (Å²) in [6.45, 7) is 3.44. The molecule has 6 heteroatoms. The predicted molar refractivity (Wildman–Crippen MR) is 84.3 cm³/mol. The molecule has 0 saturated carbocycles. The van der Waals surface area contributed by atoms with Crippen LogP contribution in [0.3, 0.4) is 0 Å². The lowest BCUT2D eigenvalue weighted by molar-refractivity contribution is -0.131. The van der Waals surface area contributed by atoms with Crippen LogP contribution in [0, 0.1) is 0 Å². The van der Waals surface area contributed by atoms with Crippen molar-refractivity contribution in [3.8, 4) is 0 Å². The maximum absolute atomic E-state index is 12.1. The number of piperazine rings is 1. The van der Waals surface area contributed by atoms with E-state index >= 15 is 0 Å². The van der Waals surface area contributed by atoms with Gasteiger partial charge in [-0.1, -0.05) is 18.2 Å². The van der Waals surface area contributed by atoms with Gasteiger partial charge in [-0.2, -0.15) is 0 Å². The molecule has 0 spiro atoms. The second-order valence-corrected chi connectivity index (χ2v) is 6.01. The number of amides is 1. The molecule has 2 heterocycles. The summed E-state index contributed by atoms with van der Waals surface area (Å²) in [7, 11) is 0. The van der Waals surface area contributed by atoms with Gasteiger partial charge >= 0.3 is 0 Å². The smallest absolute Gasteiger partial charge is 0.223 e. The molecule has 1 aliphatic rings. The Morgan fingerprint density at radius 1 is 1.24 bits per heavy atom. The van der Waals surface area contributed by atoms with E-state index in [9.17, 15) is 4.79 Å². The van der Waals surface area contributed by atoms with Crippen LogP contribution in [0.5, 0.6) is 0 Å². The molecule has 1 fully saturated rings. The highest BCUT2D eigenvalue weighted by Crippen LogP contribution is 2.24. The number of hydrogen-bond donors (Lipinski definition) is 1. The molecule has 0 atom stereocenters. The second-order valence-electron chi connectivity index (χ2n) is 4.93. The Hall–Kier alpha value is -1.66. The van der Waals surface area contributed by atoms with E-state index in [1.807, 2.05) is 29.2 Å². The highest BCUT2D eigenvalue weighted by atomic mass is 32.2. The van der Waals surface area contributed by atoms with Crippen molar-refractivity contribution in [1.29, 1.82) is 0 Å². The standard InChI is InChI=1S/C15H18N4OS/c20-14(19-8-6-16-7-9-19)5-10-21-15-12-3-1-2-4-13(12)17-11-18-15/h1-4,11,16H,5-10H2. The lowest BCUT2D eigenvalue weighted by Crippen LogP contribution is -2.46. The molecule has 3 rings (SSSR count). The van der Waals surface area contributed by atoms with Crippen molar-refractivity contribution in [1.82, 2.24) is 20.2 Å². The minimum Gasteiger partial charge on any atom is -0.340 e. The zero-order valence-corrected chi connectivity index (χ0v) is 12.6. The maximum Gasteiger partial charge on any atom is 0.223 e. The molecule has 1 saturated heterocycles. The summed E-state index contributed by atoms with van der Waals surface area (Å²) in [5.74, 6) is 0.992. The molecule has 1 N–H and O–H groups in total. The van der Waals surface area contributed by atoms with Crippen LogP contribution in [-0.4, -0.2) is 52.7 Å². The van der Waals surface area contributed by atoms with Gasteiger partial charge in [-0.15, -0.1) is 11.8 Å². The molecule has 0 unspecified atom stereocenters. The molecule has 0 aliphatic carbocycles. The number of carbonyl (C=O) groups excluding carboxylic acids is 1. The number of carbonyl (C=O) groups is 1. The maximum atomic E-state index is 12.1. The normalized spacial score (nSPS) is 15.3. The molecule has 5 nitrogen and oxygen atoms in total. The average Bonchev–Trinajstić information content (AvgIpc) is 2.56. The Bertz CT molecular complexity index is 623. The van der Waals surface area contributed by atoms with Crippen molar-refractivity contribution in [3.05, 3.63) is 30.6 Å². The summed E-state index contributed by atoms with van der Waals surface area (Å²) in [4.78, 5) is 22.6. The highest BCUT2D eigenvalue weighted by molar-refractivity contribution is 7.99. The van der Waals surface area contributed by atoms with E-state index in [-0.39, 0.29) is 5.91 Å². The molecule has 2 aromatic rings. The van der Waals surface area contributed by atoms with Crippen LogP contribution in [-0.2, 0) is 4.79 Å². The van der Waals surface area contributed by atoms with Crippen LogP contribution in [0.15, 0.2) is 35.6 Å². The van der Waals surface area contributed by atoms with Gasteiger partial charge in [-0.25, -0.2) is 9.97 Å². The minimum atomic E-state index is 0.238. The fraction of sp³-hybridized carbons (Fsp3) is 0.400. The molecule has 1 aromatic heterocycles. The zero-order chi connectivity index (χ0) is 14.5. The second kappa shape index (κ2) is 6.87. The number of hydrogen-bond acceptors (Lipinski definition) is 5. The Morgan fingerprint density at radius 3 is 2.90 bits per heavy atom. The molecule has 1 aliphatic heterocycles. The van der Waals surface area contributed by atoms with Crippen LogP contribution in [0.2, 0.25) is 0 Å². The van der Waals surface area contributed by atoms with Gasteiger partial charge in [0.2, 0.25) is 5.91 Å². The van der Waals surface area contributed by atoms with E-state index in [2.05, 4.69) is 15.3 Å². The SMILES string of the molecule is O=C(CCSc1ncnc2ccccc12)N1CCNCC1. The Morgan fingerprint density at radius 2 is 2.05 bits per heavy atom. The van der Waals surface area contributed by atoms with Gasteiger partial charge in [0, 0.05) is 43.7 Å². The Labute approximate surface area is 128 Å². The van der Waals surface area contributed by atoms with Crippen LogP contribution in [0.4, 0.5) is 0 Å². The van der Waals surface area contributed by atoms with E-state index in [0.29, 0.717) is 6.42 Å². The lowest BCUT2D eigenvalue weighted by Gasteiger charge is -2.27. The number of thioether (sulfide) groups is 1. The van der Waals surface area contributed by atoms with Crippen LogP contribution < -0.4 is 5.32 Å². The van der Waals surface area contributed by atoms with Gasteiger partial charge in [-0.05, 0) is 6.07 Å². The summed E-state index contributed by atoms with van der Waals surface area (Å²) < 4.78 is 0. The van der Waals surface area contributed by atoms with E-state index < -0.39 is 0 Å². The van der Waals surface area contributed by atoms with Gasteiger partial charge in [0.05, 0.1) is 5.52 Å². The molecular formula is C15H18N4OS. The fourth-order valence-electron chi connectivity index (χ4n) is 2.40. The first-order valence-corrected chi connectivity index (χ1v) is 8.14. The third-order valence-corrected chi connectivity index (χ3v) is 4.54. The van der Waals surface area contributed by atoms with E-state index in [0.717, 1.165) is 47.9 Å². The summed E-state index contributed by atoms with van der Waals surface area (Å²) in [6.07, 6.45) is 2.14. The van der Waals surface area contributed by atoms with Crippen molar-refractivity contribution in [2.45, 2.75) is 11.4 Å². The van der Waals surface area contributed by atoms with Crippen LogP contribution in [0.25, 0.3) is 10.9 Å². The van der Waals surface area contributed by atoms with Crippen molar-refractivity contribution >= 4 is 28.6 Å². The molecule has 0 bridgehead atoms. The van der Waals surface area contributed by atoms with Gasteiger partial charge in [0.15, 0.2) is 0 Å². The number of rotatable bonds is 4. The summed E-state index contributed by atoms with van der Waals surface area (Å²) in [6, 6.07) is 7.96. The predicted octanol–water partition coefficient (Wildman–Crippen LogP) is 1.54. The first-order chi connectivity index (χ1) is 10.3. The fourth-order valence-corrected chi connectivity index (χ4v) is 3.32. The van der Waals surface area contributed by atoms with Crippen LogP contribution >= 0.6 is 11.8 Å². The third kappa shape index (κ3) is 3.51. The van der Waals surface area contributed by atoms with Crippen LogP contribution in [0.1, 0.15) is 6.42 Å². The van der Waals surface area contributed by atoms with Crippen molar-refractivity contribution in [2.75, 3.05) is 31.9 Å². The van der Waals surface area contributed by atoms with Gasteiger partial charge in [-0.3, -0.25) is 4.79 Å². The quantitative estimate of drug-likeness (QED) is 0.686. The van der Waals surface area contributed by atoms with Gasteiger partial charge in [0.1, 0.15) is 11.4 Å². The Kier molecular flexibility index (Phi) is 4.67. The molecular weight excluding hydrogens is 284 g/mol. The number of benzene rings is 1. The van der Waals surface area contributed by atoms with E-state index in [4.69, 9.17) is 0 Å². The molecule has 110 valence electrons. The summed E-state index contributed by atoms with van der Waals surface area (Å²) >= 11 is 1.63. The summed E-state index contributed by atoms with van der Waals surface area (Å²) in [5.41, 5.74) is 0.948. The zero-order valence-electron chi connectivity index (χ0n) is 11.8. The number of nitrogens with zero attached hydrogens (tertiary/aromatic N) is 3. The monoisotopic (exact) mass is 302 g/mol.